The summed E-state index contributed by atoms with van der Waals surface area (Å²) >= 11 is 7.59. The second kappa shape index (κ2) is 6.69. The van der Waals surface area contributed by atoms with Crippen molar-refractivity contribution in [2.75, 3.05) is 10.7 Å². The minimum atomic E-state index is -0.0713. The van der Waals surface area contributed by atoms with Gasteiger partial charge in [-0.15, -0.1) is 11.8 Å². The number of carbonyl (C=O) groups is 1. The molecule has 2 aromatic carbocycles. The number of carbonyl (C=O) groups excluding carboxylic acids is 1. The molecule has 0 saturated carbocycles. The van der Waals surface area contributed by atoms with Crippen molar-refractivity contribution in [2.45, 2.75) is 32.1 Å². The van der Waals surface area contributed by atoms with Crippen molar-refractivity contribution < 1.29 is 9.90 Å². The number of aromatic hydroxyl groups is 1. The first kappa shape index (κ1) is 17.2. The van der Waals surface area contributed by atoms with E-state index in [-0.39, 0.29) is 22.9 Å². The van der Waals surface area contributed by atoms with Crippen LogP contribution in [0.5, 0.6) is 5.75 Å². The van der Waals surface area contributed by atoms with Crippen molar-refractivity contribution in [2.24, 2.45) is 0 Å². The van der Waals surface area contributed by atoms with E-state index in [2.05, 4.69) is 0 Å². The Kier molecular flexibility index (Phi) is 4.79. The van der Waals surface area contributed by atoms with E-state index in [1.807, 2.05) is 56.0 Å². The summed E-state index contributed by atoms with van der Waals surface area (Å²) in [5.74, 6) is 1.01. The highest BCUT2D eigenvalue weighted by atomic mass is 35.5. The molecule has 1 aliphatic heterocycles. The predicted molar refractivity (Wildman–Crippen MR) is 101 cm³/mol. The number of benzene rings is 2. The highest BCUT2D eigenvalue weighted by molar-refractivity contribution is 8.00. The lowest BCUT2D eigenvalue weighted by Gasteiger charge is -2.27. The molecule has 1 fully saturated rings. The second-order valence-electron chi connectivity index (χ2n) is 6.33. The van der Waals surface area contributed by atoms with Gasteiger partial charge in [-0.25, -0.2) is 0 Å². The molecule has 0 radical (unpaired) electrons. The molecule has 126 valence electrons. The van der Waals surface area contributed by atoms with E-state index in [0.717, 1.165) is 22.4 Å². The molecule has 1 amide bonds. The van der Waals surface area contributed by atoms with Crippen LogP contribution in [0.2, 0.25) is 5.02 Å². The van der Waals surface area contributed by atoms with Crippen LogP contribution in [0.4, 0.5) is 5.69 Å². The van der Waals surface area contributed by atoms with Gasteiger partial charge in [-0.3, -0.25) is 9.69 Å². The quantitative estimate of drug-likeness (QED) is 0.811. The fraction of sp³-hybridized carbons (Fsp3) is 0.316. The summed E-state index contributed by atoms with van der Waals surface area (Å²) in [6.07, 6.45) is 0. The summed E-state index contributed by atoms with van der Waals surface area (Å²) < 4.78 is 0. The Hall–Kier alpha value is -1.65. The first-order chi connectivity index (χ1) is 11.4. The van der Waals surface area contributed by atoms with E-state index in [4.69, 9.17) is 11.6 Å². The molecule has 0 bridgehead atoms. The van der Waals surface area contributed by atoms with Crippen LogP contribution in [0, 0.1) is 6.92 Å². The Labute approximate surface area is 151 Å². The number of rotatable bonds is 3. The topological polar surface area (TPSA) is 40.5 Å². The molecule has 1 heterocycles. The van der Waals surface area contributed by atoms with Crippen molar-refractivity contribution in [3.63, 3.8) is 0 Å². The van der Waals surface area contributed by atoms with Crippen molar-refractivity contribution >= 4 is 35.0 Å². The number of hydrogen-bond acceptors (Lipinski definition) is 3. The number of thioether (sulfide) groups is 1. The maximum atomic E-state index is 12.6. The molecule has 24 heavy (non-hydrogen) atoms. The van der Waals surface area contributed by atoms with Crippen LogP contribution in [0.25, 0.3) is 0 Å². The van der Waals surface area contributed by atoms with Crippen molar-refractivity contribution in [1.29, 1.82) is 0 Å². The van der Waals surface area contributed by atoms with Crippen LogP contribution in [-0.2, 0) is 4.79 Å². The number of aryl methyl sites for hydroxylation is 1. The number of anilines is 1. The van der Waals surface area contributed by atoms with E-state index >= 15 is 0 Å². The molecule has 0 aromatic heterocycles. The minimum Gasteiger partial charge on any atom is -0.508 e. The fourth-order valence-corrected chi connectivity index (χ4v) is 4.27. The average molecular weight is 362 g/mol. The molecular formula is C19H20ClNO2S. The normalized spacial score (nSPS) is 17.8. The molecule has 1 saturated heterocycles. The van der Waals surface area contributed by atoms with Gasteiger partial charge in [0.05, 0.1) is 5.75 Å². The smallest absolute Gasteiger partial charge is 0.238 e. The van der Waals surface area contributed by atoms with Crippen LogP contribution in [0.15, 0.2) is 36.4 Å². The standard InChI is InChI=1S/C19H20ClNO2S/c1-11(2)15-9-16(12(3)8-17(15)22)21-18(23)10-24-19(21)13-4-6-14(20)7-5-13/h4-9,11,19,22H,10H2,1-3H3. The van der Waals surface area contributed by atoms with E-state index in [9.17, 15) is 9.90 Å². The lowest BCUT2D eigenvalue weighted by Crippen LogP contribution is -2.28. The fourth-order valence-electron chi connectivity index (χ4n) is 2.98. The number of amides is 1. The van der Waals surface area contributed by atoms with Crippen LogP contribution in [0.3, 0.4) is 0 Å². The first-order valence-electron chi connectivity index (χ1n) is 7.91. The zero-order valence-corrected chi connectivity index (χ0v) is 15.5. The summed E-state index contributed by atoms with van der Waals surface area (Å²) in [6.45, 7) is 5.99. The van der Waals surface area contributed by atoms with Crippen molar-refractivity contribution in [3.05, 3.63) is 58.1 Å². The Morgan fingerprint density at radius 2 is 1.92 bits per heavy atom. The van der Waals surface area contributed by atoms with E-state index < -0.39 is 0 Å². The van der Waals surface area contributed by atoms with Gasteiger partial charge in [-0.05, 0) is 53.8 Å². The maximum Gasteiger partial charge on any atom is 0.238 e. The van der Waals surface area contributed by atoms with Gasteiger partial charge in [0.25, 0.3) is 0 Å². The van der Waals surface area contributed by atoms with Gasteiger partial charge in [0, 0.05) is 10.7 Å². The van der Waals surface area contributed by atoms with Crippen LogP contribution >= 0.6 is 23.4 Å². The lowest BCUT2D eigenvalue weighted by atomic mass is 9.98. The van der Waals surface area contributed by atoms with Gasteiger partial charge in [0.2, 0.25) is 5.91 Å². The number of hydrogen-bond donors (Lipinski definition) is 1. The zero-order chi connectivity index (χ0) is 17.4. The van der Waals surface area contributed by atoms with Gasteiger partial charge in [-0.2, -0.15) is 0 Å². The molecule has 1 unspecified atom stereocenters. The molecule has 0 aliphatic carbocycles. The Balaban J connectivity index is 2.07. The van der Waals surface area contributed by atoms with Gasteiger partial charge < -0.3 is 5.11 Å². The summed E-state index contributed by atoms with van der Waals surface area (Å²) in [5.41, 5.74) is 3.67. The molecular weight excluding hydrogens is 342 g/mol. The van der Waals surface area contributed by atoms with Crippen molar-refractivity contribution in [3.8, 4) is 5.75 Å². The zero-order valence-electron chi connectivity index (χ0n) is 13.9. The molecule has 1 N–H and O–H groups in total. The Bertz CT molecular complexity index is 774. The first-order valence-corrected chi connectivity index (χ1v) is 9.33. The molecule has 0 spiro atoms. The highest BCUT2D eigenvalue weighted by Gasteiger charge is 2.35. The third-order valence-corrected chi connectivity index (χ3v) is 5.71. The van der Waals surface area contributed by atoms with E-state index in [1.54, 1.807) is 17.8 Å². The molecule has 1 aliphatic rings. The summed E-state index contributed by atoms with van der Waals surface area (Å²) in [5, 5.41) is 10.8. The van der Waals surface area contributed by atoms with Gasteiger partial charge in [0.1, 0.15) is 11.1 Å². The largest absolute Gasteiger partial charge is 0.508 e. The minimum absolute atomic E-state index is 0.0713. The van der Waals surface area contributed by atoms with Gasteiger partial charge in [-0.1, -0.05) is 37.6 Å². The molecule has 3 rings (SSSR count). The highest BCUT2D eigenvalue weighted by Crippen LogP contribution is 2.44. The summed E-state index contributed by atoms with van der Waals surface area (Å²) in [7, 11) is 0. The third-order valence-electron chi connectivity index (χ3n) is 4.25. The summed E-state index contributed by atoms with van der Waals surface area (Å²) in [6, 6.07) is 11.3. The van der Waals surface area contributed by atoms with Gasteiger partial charge >= 0.3 is 0 Å². The SMILES string of the molecule is Cc1cc(O)c(C(C)C)cc1N1C(=O)CSC1c1ccc(Cl)cc1. The average Bonchev–Trinajstić information content (AvgIpc) is 2.89. The van der Waals surface area contributed by atoms with E-state index in [0.29, 0.717) is 10.8 Å². The monoisotopic (exact) mass is 361 g/mol. The second-order valence-corrected chi connectivity index (χ2v) is 7.84. The third kappa shape index (κ3) is 3.13. The molecule has 5 heteroatoms. The molecule has 3 nitrogen and oxygen atoms in total. The number of nitrogens with zero attached hydrogens (tertiary/aromatic N) is 1. The van der Waals surface area contributed by atoms with Crippen LogP contribution in [-0.4, -0.2) is 16.8 Å². The van der Waals surface area contributed by atoms with Crippen LogP contribution < -0.4 is 4.90 Å². The Morgan fingerprint density at radius 3 is 2.54 bits per heavy atom. The lowest BCUT2D eigenvalue weighted by molar-refractivity contribution is -0.115. The van der Waals surface area contributed by atoms with E-state index in [1.165, 1.54) is 0 Å². The number of phenols is 1. The van der Waals surface area contributed by atoms with Crippen molar-refractivity contribution in [1.82, 2.24) is 0 Å². The van der Waals surface area contributed by atoms with Crippen LogP contribution in [0.1, 0.15) is 41.8 Å². The molecule has 1 atom stereocenters. The number of halogens is 1. The molecule has 2 aromatic rings. The van der Waals surface area contributed by atoms with Gasteiger partial charge in [0.15, 0.2) is 0 Å². The summed E-state index contributed by atoms with van der Waals surface area (Å²) in [4.78, 5) is 14.4. The maximum absolute atomic E-state index is 12.6. The predicted octanol–water partition coefficient (Wildman–Crippen LogP) is 5.26. The Morgan fingerprint density at radius 1 is 1.25 bits per heavy atom. The number of phenolic OH excluding ortho intramolecular Hbond substituents is 1.